The fourth-order valence-electron chi connectivity index (χ4n) is 1.35. The predicted octanol–water partition coefficient (Wildman–Crippen LogP) is 1.38. The second-order valence-electron chi connectivity index (χ2n) is 3.72. The van der Waals surface area contributed by atoms with E-state index in [-0.39, 0.29) is 11.3 Å². The van der Waals surface area contributed by atoms with Crippen molar-refractivity contribution >= 4 is 17.5 Å². The molecule has 0 atom stereocenters. The second kappa shape index (κ2) is 4.18. The van der Waals surface area contributed by atoms with Gasteiger partial charge in [-0.25, -0.2) is 0 Å². The van der Waals surface area contributed by atoms with Gasteiger partial charge < -0.3 is 9.64 Å². The van der Waals surface area contributed by atoms with Gasteiger partial charge in [-0.05, 0) is 30.4 Å². The molecule has 0 spiro atoms. The van der Waals surface area contributed by atoms with Crippen molar-refractivity contribution < 1.29 is 4.74 Å². The van der Waals surface area contributed by atoms with Crippen molar-refractivity contribution in [2.75, 3.05) is 25.6 Å². The van der Waals surface area contributed by atoms with Crippen LogP contribution in [0.5, 0.6) is 6.01 Å². The lowest BCUT2D eigenvalue weighted by Gasteiger charge is -2.16. The lowest BCUT2D eigenvalue weighted by Crippen LogP contribution is -2.22. The van der Waals surface area contributed by atoms with Gasteiger partial charge in [0, 0.05) is 13.6 Å². The molecule has 6 heteroatoms. The van der Waals surface area contributed by atoms with Crippen molar-refractivity contribution in [1.29, 1.82) is 0 Å². The fraction of sp³-hybridized carbons (Fsp3) is 0.667. The van der Waals surface area contributed by atoms with Gasteiger partial charge in [-0.15, -0.1) is 0 Å². The first-order valence-corrected chi connectivity index (χ1v) is 5.23. The maximum absolute atomic E-state index is 5.76. The van der Waals surface area contributed by atoms with Gasteiger partial charge in [0.2, 0.25) is 11.2 Å². The number of hydrogen-bond acceptors (Lipinski definition) is 5. The van der Waals surface area contributed by atoms with Crippen LogP contribution in [0.1, 0.15) is 12.8 Å². The zero-order valence-electron chi connectivity index (χ0n) is 8.77. The van der Waals surface area contributed by atoms with E-state index in [1.54, 1.807) is 0 Å². The Morgan fingerprint density at radius 1 is 1.40 bits per heavy atom. The van der Waals surface area contributed by atoms with E-state index in [0.717, 1.165) is 12.5 Å². The van der Waals surface area contributed by atoms with Crippen molar-refractivity contribution in [3.63, 3.8) is 0 Å². The Morgan fingerprint density at radius 3 is 2.73 bits per heavy atom. The Bertz CT molecular complexity index is 356. The number of ether oxygens (including phenoxy) is 1. The van der Waals surface area contributed by atoms with Gasteiger partial charge in [-0.2, -0.15) is 15.0 Å². The van der Waals surface area contributed by atoms with Gasteiger partial charge in [0.1, 0.15) is 0 Å². The van der Waals surface area contributed by atoms with Crippen LogP contribution in [0.15, 0.2) is 0 Å². The maximum atomic E-state index is 5.76. The van der Waals surface area contributed by atoms with E-state index in [4.69, 9.17) is 16.3 Å². The van der Waals surface area contributed by atoms with Crippen LogP contribution in [0, 0.1) is 5.92 Å². The lowest BCUT2D eigenvalue weighted by molar-refractivity contribution is 0.378. The van der Waals surface area contributed by atoms with E-state index < -0.39 is 0 Å². The summed E-state index contributed by atoms with van der Waals surface area (Å²) in [5.41, 5.74) is 0. The first-order chi connectivity index (χ1) is 7.19. The molecule has 1 aromatic rings. The third kappa shape index (κ3) is 2.68. The molecule has 1 fully saturated rings. The Labute approximate surface area is 93.5 Å². The standard InChI is InChI=1S/C9H13ClN4O/c1-14(5-6-3-4-6)8-11-7(10)12-9(13-8)15-2/h6H,3-5H2,1-2H3. The molecule has 0 aromatic carbocycles. The highest BCUT2D eigenvalue weighted by Gasteiger charge is 2.24. The van der Waals surface area contributed by atoms with E-state index in [9.17, 15) is 0 Å². The number of anilines is 1. The van der Waals surface area contributed by atoms with E-state index >= 15 is 0 Å². The third-order valence-electron chi connectivity index (χ3n) is 2.33. The van der Waals surface area contributed by atoms with E-state index in [1.807, 2.05) is 11.9 Å². The monoisotopic (exact) mass is 228 g/mol. The highest BCUT2D eigenvalue weighted by molar-refractivity contribution is 6.28. The largest absolute Gasteiger partial charge is 0.467 e. The third-order valence-corrected chi connectivity index (χ3v) is 2.50. The number of halogens is 1. The average molecular weight is 229 g/mol. The molecular weight excluding hydrogens is 216 g/mol. The number of hydrogen-bond donors (Lipinski definition) is 0. The minimum Gasteiger partial charge on any atom is -0.467 e. The molecule has 1 aromatic heterocycles. The van der Waals surface area contributed by atoms with Crippen LogP contribution in [0.2, 0.25) is 5.28 Å². The molecule has 5 nitrogen and oxygen atoms in total. The van der Waals surface area contributed by atoms with Crippen LogP contribution < -0.4 is 9.64 Å². The fourth-order valence-corrected chi connectivity index (χ4v) is 1.50. The van der Waals surface area contributed by atoms with Crippen molar-refractivity contribution in [3.05, 3.63) is 5.28 Å². The quantitative estimate of drug-likeness (QED) is 0.779. The van der Waals surface area contributed by atoms with Crippen molar-refractivity contribution in [2.45, 2.75) is 12.8 Å². The molecule has 0 saturated heterocycles. The molecular formula is C9H13ClN4O. The van der Waals surface area contributed by atoms with Crippen LogP contribution in [-0.2, 0) is 0 Å². The molecule has 0 radical (unpaired) electrons. The van der Waals surface area contributed by atoms with Crippen LogP contribution in [-0.4, -0.2) is 35.7 Å². The molecule has 1 saturated carbocycles. The smallest absolute Gasteiger partial charge is 0.322 e. The normalized spacial score (nSPS) is 15.1. The Balaban J connectivity index is 2.13. The summed E-state index contributed by atoms with van der Waals surface area (Å²) in [5, 5.41) is 0.166. The van der Waals surface area contributed by atoms with Gasteiger partial charge >= 0.3 is 6.01 Å². The molecule has 0 unspecified atom stereocenters. The van der Waals surface area contributed by atoms with Gasteiger partial charge in [-0.3, -0.25) is 0 Å². The Kier molecular flexibility index (Phi) is 2.90. The highest BCUT2D eigenvalue weighted by atomic mass is 35.5. The molecule has 1 heterocycles. The highest BCUT2D eigenvalue weighted by Crippen LogP contribution is 2.30. The van der Waals surface area contributed by atoms with Gasteiger partial charge in [0.25, 0.3) is 0 Å². The van der Waals surface area contributed by atoms with Crippen LogP contribution >= 0.6 is 11.6 Å². The molecule has 0 amide bonds. The van der Waals surface area contributed by atoms with Crippen LogP contribution in [0.3, 0.4) is 0 Å². The summed E-state index contributed by atoms with van der Waals surface area (Å²) in [6.45, 7) is 0.962. The SMILES string of the molecule is COc1nc(Cl)nc(N(C)CC2CC2)n1. The van der Waals surface area contributed by atoms with Crippen molar-refractivity contribution in [2.24, 2.45) is 5.92 Å². The molecule has 82 valence electrons. The summed E-state index contributed by atoms with van der Waals surface area (Å²) in [6.07, 6.45) is 2.58. The zero-order chi connectivity index (χ0) is 10.8. The van der Waals surface area contributed by atoms with Crippen LogP contribution in [0.25, 0.3) is 0 Å². The first-order valence-electron chi connectivity index (χ1n) is 4.85. The molecule has 0 N–H and O–H groups in total. The minimum atomic E-state index is 0.166. The predicted molar refractivity (Wildman–Crippen MR) is 57.4 cm³/mol. The van der Waals surface area contributed by atoms with E-state index in [2.05, 4.69) is 15.0 Å². The zero-order valence-corrected chi connectivity index (χ0v) is 9.53. The van der Waals surface area contributed by atoms with Crippen molar-refractivity contribution in [1.82, 2.24) is 15.0 Å². The molecule has 2 rings (SSSR count). The maximum Gasteiger partial charge on any atom is 0.322 e. The molecule has 1 aliphatic rings. The minimum absolute atomic E-state index is 0.166. The van der Waals surface area contributed by atoms with E-state index in [0.29, 0.717) is 5.95 Å². The summed E-state index contributed by atoms with van der Waals surface area (Å²) >= 11 is 5.76. The average Bonchev–Trinajstić information content (AvgIpc) is 3.00. The Hall–Kier alpha value is -1.10. The van der Waals surface area contributed by atoms with Gasteiger partial charge in [-0.1, -0.05) is 0 Å². The Morgan fingerprint density at radius 2 is 2.13 bits per heavy atom. The number of aromatic nitrogens is 3. The number of nitrogens with zero attached hydrogens (tertiary/aromatic N) is 4. The molecule has 1 aliphatic carbocycles. The topological polar surface area (TPSA) is 51.1 Å². The van der Waals surface area contributed by atoms with E-state index in [1.165, 1.54) is 20.0 Å². The summed E-state index contributed by atoms with van der Waals surface area (Å²) in [6, 6.07) is 0.257. The van der Waals surface area contributed by atoms with Gasteiger partial charge in [0.05, 0.1) is 7.11 Å². The summed E-state index contributed by atoms with van der Waals surface area (Å²) in [4.78, 5) is 14.0. The number of methoxy groups -OCH3 is 1. The second-order valence-corrected chi connectivity index (χ2v) is 4.05. The lowest BCUT2D eigenvalue weighted by atomic mass is 10.4. The van der Waals surface area contributed by atoms with Crippen LogP contribution in [0.4, 0.5) is 5.95 Å². The first kappa shape index (κ1) is 10.4. The summed E-state index contributed by atoms with van der Waals surface area (Å²) < 4.78 is 4.93. The molecule has 15 heavy (non-hydrogen) atoms. The molecule has 0 bridgehead atoms. The number of rotatable bonds is 4. The molecule has 0 aliphatic heterocycles. The summed E-state index contributed by atoms with van der Waals surface area (Å²) in [7, 11) is 3.46. The summed E-state index contributed by atoms with van der Waals surface area (Å²) in [5.74, 6) is 1.34. The van der Waals surface area contributed by atoms with Gasteiger partial charge in [0.15, 0.2) is 0 Å². The van der Waals surface area contributed by atoms with Crippen molar-refractivity contribution in [3.8, 4) is 6.01 Å².